The topological polar surface area (TPSA) is 117 Å². The van der Waals surface area contributed by atoms with Gasteiger partial charge in [0.25, 0.3) is 5.91 Å². The van der Waals surface area contributed by atoms with Gasteiger partial charge in [-0.1, -0.05) is 0 Å². The number of nitrogens with zero attached hydrogens (tertiary/aromatic N) is 2. The molecule has 1 aliphatic heterocycles. The number of ketones is 1. The summed E-state index contributed by atoms with van der Waals surface area (Å²) in [7, 11) is 2.70. The van der Waals surface area contributed by atoms with Crippen LogP contribution in [0.25, 0.3) is 0 Å². The highest BCUT2D eigenvalue weighted by atomic mass is 16.7. The lowest BCUT2D eigenvalue weighted by atomic mass is 10.0. The molecular weight excluding hydrogens is 356 g/mol. The third-order valence-electron chi connectivity index (χ3n) is 4.57. The van der Waals surface area contributed by atoms with Crippen molar-refractivity contribution in [2.75, 3.05) is 27.3 Å². The van der Waals surface area contributed by atoms with Gasteiger partial charge in [0.1, 0.15) is 11.8 Å². The quantitative estimate of drug-likeness (QED) is 0.586. The maximum absolute atomic E-state index is 13.0. The maximum atomic E-state index is 13.0. The van der Waals surface area contributed by atoms with Crippen LogP contribution in [0.2, 0.25) is 0 Å². The van der Waals surface area contributed by atoms with E-state index in [1.807, 2.05) is 0 Å². The van der Waals surface area contributed by atoms with E-state index in [2.05, 4.69) is 0 Å². The number of carbonyl (C=O) groups excluding carboxylic acids is 2. The zero-order valence-electron chi connectivity index (χ0n) is 15.5. The Hall–Kier alpha value is -2.65. The number of hydrogen-bond donors (Lipinski definition) is 2. The number of methoxy groups -OCH3 is 1. The Morgan fingerprint density at radius 1 is 1.26 bits per heavy atom. The molecule has 27 heavy (non-hydrogen) atoms. The number of aliphatic hydroxyl groups is 1. The van der Waals surface area contributed by atoms with Crippen LogP contribution in [0.3, 0.4) is 0 Å². The number of benzene rings is 1. The summed E-state index contributed by atoms with van der Waals surface area (Å²) in [6.07, 6.45) is -1.25. The molecule has 9 heteroatoms. The number of likely N-dealkylation sites (tertiary alicyclic amines) is 1. The summed E-state index contributed by atoms with van der Waals surface area (Å²) < 4.78 is 5.13. The number of ether oxygens (including phenoxy) is 1. The van der Waals surface area contributed by atoms with Crippen molar-refractivity contribution in [2.45, 2.75) is 31.9 Å². The zero-order valence-corrected chi connectivity index (χ0v) is 15.5. The normalized spacial score (nSPS) is 19.9. The van der Waals surface area contributed by atoms with Crippen molar-refractivity contribution in [3.8, 4) is 5.75 Å². The van der Waals surface area contributed by atoms with Crippen LogP contribution in [0.1, 0.15) is 40.5 Å². The first-order chi connectivity index (χ1) is 12.8. The predicted octanol–water partition coefficient (Wildman–Crippen LogP) is 1.40. The summed E-state index contributed by atoms with van der Waals surface area (Å²) >= 11 is 0. The van der Waals surface area contributed by atoms with Crippen molar-refractivity contribution < 1.29 is 34.2 Å². The first-order valence-electron chi connectivity index (χ1n) is 8.52. The molecule has 0 aliphatic carbocycles. The molecule has 0 aromatic heterocycles. The Morgan fingerprint density at radius 2 is 1.96 bits per heavy atom. The number of hydrogen-bond acceptors (Lipinski definition) is 6. The van der Waals surface area contributed by atoms with Crippen molar-refractivity contribution in [1.82, 2.24) is 9.96 Å². The van der Waals surface area contributed by atoms with Crippen LogP contribution in [0.4, 0.5) is 4.79 Å². The van der Waals surface area contributed by atoms with Crippen LogP contribution in [0, 0.1) is 0 Å². The molecule has 148 valence electrons. The molecule has 9 nitrogen and oxygen atoms in total. The molecule has 0 bridgehead atoms. The van der Waals surface area contributed by atoms with Crippen molar-refractivity contribution >= 4 is 17.8 Å². The van der Waals surface area contributed by atoms with Gasteiger partial charge in [0, 0.05) is 18.7 Å². The minimum absolute atomic E-state index is 0.0776. The zero-order chi connectivity index (χ0) is 20.1. The van der Waals surface area contributed by atoms with Gasteiger partial charge in [-0.25, -0.2) is 9.86 Å². The fraction of sp³-hybridized carbons (Fsp3) is 0.500. The first kappa shape index (κ1) is 20.7. The summed E-state index contributed by atoms with van der Waals surface area (Å²) in [4.78, 5) is 42.5. The van der Waals surface area contributed by atoms with Gasteiger partial charge in [-0.05, 0) is 38.0 Å². The molecule has 1 fully saturated rings. The molecule has 1 heterocycles. The standard InChI is InChI=1S/C18H24N2O7/c1-11(21)13-9-12(6-7-16(13)26-2)17(23)20(27-3)14-10-19(18(24)25)8-4-5-15(14)22/h6-7,9,14-15,22H,4-5,8,10H2,1-3H3,(H,24,25)/t14-,15-/m1/s1. The average Bonchev–Trinajstić information content (AvgIpc) is 2.84. The van der Waals surface area contributed by atoms with Gasteiger partial charge in [-0.3, -0.25) is 14.4 Å². The molecule has 2 atom stereocenters. The Bertz CT molecular complexity index is 722. The molecule has 2 amide bonds. The second-order valence-electron chi connectivity index (χ2n) is 6.29. The van der Waals surface area contributed by atoms with E-state index in [4.69, 9.17) is 9.57 Å². The fourth-order valence-corrected chi connectivity index (χ4v) is 3.14. The summed E-state index contributed by atoms with van der Waals surface area (Å²) in [6.45, 7) is 1.55. The van der Waals surface area contributed by atoms with Crippen LogP contribution in [-0.4, -0.2) is 77.4 Å². The smallest absolute Gasteiger partial charge is 0.407 e. The monoisotopic (exact) mass is 380 g/mol. The Morgan fingerprint density at radius 3 is 2.52 bits per heavy atom. The summed E-state index contributed by atoms with van der Waals surface area (Å²) in [5.41, 5.74) is 0.411. The summed E-state index contributed by atoms with van der Waals surface area (Å²) in [6, 6.07) is 3.51. The second kappa shape index (κ2) is 8.83. The highest BCUT2D eigenvalue weighted by Gasteiger charge is 2.36. The van der Waals surface area contributed by atoms with Crippen molar-refractivity contribution in [3.05, 3.63) is 29.3 Å². The first-order valence-corrected chi connectivity index (χ1v) is 8.52. The van der Waals surface area contributed by atoms with E-state index < -0.39 is 24.1 Å². The second-order valence-corrected chi connectivity index (χ2v) is 6.29. The molecule has 2 N–H and O–H groups in total. The molecule has 0 radical (unpaired) electrons. The third kappa shape index (κ3) is 4.55. The fourth-order valence-electron chi connectivity index (χ4n) is 3.14. The number of Topliss-reactive ketones (excluding diaryl/α,β-unsaturated/α-hetero) is 1. The van der Waals surface area contributed by atoms with Crippen molar-refractivity contribution in [2.24, 2.45) is 0 Å². The van der Waals surface area contributed by atoms with E-state index >= 15 is 0 Å². The van der Waals surface area contributed by atoms with E-state index in [1.165, 1.54) is 39.3 Å². The van der Waals surface area contributed by atoms with Crippen LogP contribution in [-0.2, 0) is 4.84 Å². The lowest BCUT2D eigenvalue weighted by Crippen LogP contribution is -2.51. The third-order valence-corrected chi connectivity index (χ3v) is 4.57. The molecule has 1 aliphatic rings. The van der Waals surface area contributed by atoms with Gasteiger partial charge in [0.05, 0.1) is 25.9 Å². The Labute approximate surface area is 157 Å². The highest BCUT2D eigenvalue weighted by Crippen LogP contribution is 2.24. The van der Waals surface area contributed by atoms with Crippen molar-refractivity contribution in [1.29, 1.82) is 0 Å². The van der Waals surface area contributed by atoms with Gasteiger partial charge >= 0.3 is 6.09 Å². The van der Waals surface area contributed by atoms with Crippen LogP contribution in [0.5, 0.6) is 5.75 Å². The van der Waals surface area contributed by atoms with Gasteiger partial charge in [-0.2, -0.15) is 0 Å². The number of hydroxylamine groups is 2. The van der Waals surface area contributed by atoms with E-state index in [1.54, 1.807) is 0 Å². The number of aliphatic hydroxyl groups excluding tert-OH is 1. The Balaban J connectivity index is 2.35. The lowest BCUT2D eigenvalue weighted by Gasteiger charge is -2.33. The number of rotatable bonds is 5. The SMILES string of the molecule is COc1ccc(C(=O)N(OC)[C@@H]2CN(C(=O)O)CCC[C@H]2O)cc1C(C)=O. The van der Waals surface area contributed by atoms with Gasteiger partial charge in [0.15, 0.2) is 5.78 Å². The molecule has 1 saturated heterocycles. The van der Waals surface area contributed by atoms with E-state index in [0.29, 0.717) is 18.6 Å². The molecular formula is C18H24N2O7. The number of carboxylic acid groups (broad SMARTS) is 1. The molecule has 0 spiro atoms. The molecule has 0 unspecified atom stereocenters. The van der Waals surface area contributed by atoms with Gasteiger partial charge in [-0.15, -0.1) is 0 Å². The minimum Gasteiger partial charge on any atom is -0.496 e. The van der Waals surface area contributed by atoms with Gasteiger partial charge in [0.2, 0.25) is 0 Å². The maximum Gasteiger partial charge on any atom is 0.407 e. The minimum atomic E-state index is -1.12. The van der Waals surface area contributed by atoms with Crippen LogP contribution >= 0.6 is 0 Å². The summed E-state index contributed by atoms with van der Waals surface area (Å²) in [5, 5.41) is 20.7. The molecule has 1 aromatic rings. The van der Waals surface area contributed by atoms with Crippen LogP contribution in [0.15, 0.2) is 18.2 Å². The predicted molar refractivity (Wildman–Crippen MR) is 94.8 cm³/mol. The average molecular weight is 380 g/mol. The number of carbonyl (C=O) groups is 3. The van der Waals surface area contributed by atoms with Crippen LogP contribution < -0.4 is 4.74 Å². The Kier molecular flexibility index (Phi) is 6.75. The number of amides is 2. The molecule has 0 saturated carbocycles. The summed E-state index contributed by atoms with van der Waals surface area (Å²) in [5.74, 6) is -0.509. The van der Waals surface area contributed by atoms with E-state index in [-0.39, 0.29) is 30.0 Å². The largest absolute Gasteiger partial charge is 0.496 e. The van der Waals surface area contributed by atoms with E-state index in [0.717, 1.165) is 9.96 Å². The molecule has 1 aromatic carbocycles. The lowest BCUT2D eigenvalue weighted by molar-refractivity contribution is -0.149. The van der Waals surface area contributed by atoms with Crippen molar-refractivity contribution in [3.63, 3.8) is 0 Å². The van der Waals surface area contributed by atoms with E-state index in [9.17, 15) is 24.6 Å². The highest BCUT2D eigenvalue weighted by molar-refractivity contribution is 6.01. The molecule has 2 rings (SSSR count). The van der Waals surface area contributed by atoms with Gasteiger partial charge < -0.3 is 19.8 Å².